The van der Waals surface area contributed by atoms with Crippen molar-refractivity contribution in [2.75, 3.05) is 11.5 Å². The molecule has 0 unspecified atom stereocenters. The topological polar surface area (TPSA) is 70.0 Å². The van der Waals surface area contributed by atoms with Crippen LogP contribution < -0.4 is 5.32 Å². The number of nitrogens with zero attached hydrogens (tertiary/aromatic N) is 1. The lowest BCUT2D eigenvalue weighted by Gasteiger charge is -2.23. The summed E-state index contributed by atoms with van der Waals surface area (Å²) in [5, 5.41) is 12.3. The number of hydrogen-bond acceptors (Lipinski definition) is 4. The van der Waals surface area contributed by atoms with Crippen LogP contribution in [0.3, 0.4) is 0 Å². The van der Waals surface area contributed by atoms with Crippen molar-refractivity contribution in [3.05, 3.63) is 35.4 Å². The minimum atomic E-state index is -2.80. The van der Waals surface area contributed by atoms with E-state index in [1.165, 1.54) is 0 Å². The van der Waals surface area contributed by atoms with Crippen LogP contribution in [0.15, 0.2) is 24.3 Å². The minimum absolute atomic E-state index is 0.236. The molecule has 18 heavy (non-hydrogen) atoms. The second-order valence-electron chi connectivity index (χ2n) is 4.58. The number of benzene rings is 1. The molecule has 0 bridgehead atoms. The highest BCUT2D eigenvalue weighted by Gasteiger charge is 2.23. The monoisotopic (exact) mass is 264 g/mol. The summed E-state index contributed by atoms with van der Waals surface area (Å²) in [6.45, 7) is 0.619. The van der Waals surface area contributed by atoms with E-state index in [9.17, 15) is 8.42 Å². The summed E-state index contributed by atoms with van der Waals surface area (Å²) in [6.07, 6.45) is 1.33. The molecule has 0 aromatic heterocycles. The van der Waals surface area contributed by atoms with E-state index in [2.05, 4.69) is 11.4 Å². The summed E-state index contributed by atoms with van der Waals surface area (Å²) in [6, 6.07) is 9.86. The summed E-state index contributed by atoms with van der Waals surface area (Å²) < 4.78 is 22.6. The third kappa shape index (κ3) is 3.31. The quantitative estimate of drug-likeness (QED) is 0.891. The van der Waals surface area contributed by atoms with Crippen LogP contribution in [-0.4, -0.2) is 26.0 Å². The molecule has 1 aromatic rings. The van der Waals surface area contributed by atoms with Crippen molar-refractivity contribution in [3.63, 3.8) is 0 Å². The number of nitriles is 1. The van der Waals surface area contributed by atoms with Gasteiger partial charge in [0.25, 0.3) is 0 Å². The van der Waals surface area contributed by atoms with Crippen LogP contribution in [0.1, 0.15) is 24.0 Å². The van der Waals surface area contributed by atoms with Crippen molar-refractivity contribution in [1.29, 1.82) is 5.26 Å². The van der Waals surface area contributed by atoms with Crippen LogP contribution in [0.2, 0.25) is 0 Å². The van der Waals surface area contributed by atoms with Gasteiger partial charge in [0.1, 0.15) is 9.84 Å². The summed E-state index contributed by atoms with van der Waals surface area (Å²) >= 11 is 0. The lowest BCUT2D eigenvalue weighted by Crippen LogP contribution is -2.37. The summed E-state index contributed by atoms with van der Waals surface area (Å²) in [4.78, 5) is 0. The molecule has 0 saturated carbocycles. The SMILES string of the molecule is N#Cc1ccccc1CNC1CCS(=O)(=O)CC1. The average Bonchev–Trinajstić information content (AvgIpc) is 2.38. The molecule has 1 N–H and O–H groups in total. The van der Waals surface area contributed by atoms with E-state index in [4.69, 9.17) is 5.26 Å². The molecule has 2 rings (SSSR count). The van der Waals surface area contributed by atoms with E-state index < -0.39 is 9.84 Å². The van der Waals surface area contributed by atoms with Gasteiger partial charge in [-0.05, 0) is 24.5 Å². The van der Waals surface area contributed by atoms with E-state index in [1.807, 2.05) is 18.2 Å². The highest BCUT2D eigenvalue weighted by Crippen LogP contribution is 2.14. The highest BCUT2D eigenvalue weighted by atomic mass is 32.2. The van der Waals surface area contributed by atoms with E-state index in [1.54, 1.807) is 6.07 Å². The molecular formula is C13H16N2O2S. The van der Waals surface area contributed by atoms with Crippen molar-refractivity contribution in [1.82, 2.24) is 5.32 Å². The van der Waals surface area contributed by atoms with Gasteiger partial charge in [0.05, 0.1) is 23.1 Å². The average molecular weight is 264 g/mol. The first-order chi connectivity index (χ1) is 8.61. The first-order valence-corrected chi connectivity index (χ1v) is 7.85. The Labute approximate surface area is 108 Å². The highest BCUT2D eigenvalue weighted by molar-refractivity contribution is 7.91. The molecule has 1 aromatic carbocycles. The number of nitrogens with one attached hydrogen (secondary N) is 1. The van der Waals surface area contributed by atoms with Gasteiger partial charge in [0.15, 0.2) is 0 Å². The molecule has 0 spiro atoms. The van der Waals surface area contributed by atoms with Crippen LogP contribution in [-0.2, 0) is 16.4 Å². The minimum Gasteiger partial charge on any atom is -0.310 e. The molecule has 0 amide bonds. The van der Waals surface area contributed by atoms with E-state index in [0.717, 1.165) is 5.56 Å². The maximum Gasteiger partial charge on any atom is 0.150 e. The van der Waals surface area contributed by atoms with Gasteiger partial charge in [0.2, 0.25) is 0 Å². The van der Waals surface area contributed by atoms with Crippen molar-refractivity contribution in [2.24, 2.45) is 0 Å². The Balaban J connectivity index is 1.91. The zero-order chi connectivity index (χ0) is 13.0. The smallest absolute Gasteiger partial charge is 0.150 e. The molecule has 96 valence electrons. The fourth-order valence-corrected chi connectivity index (χ4v) is 3.62. The second-order valence-corrected chi connectivity index (χ2v) is 6.88. The zero-order valence-electron chi connectivity index (χ0n) is 10.1. The molecule has 1 heterocycles. The predicted octanol–water partition coefficient (Wildman–Crippen LogP) is 1.23. The zero-order valence-corrected chi connectivity index (χ0v) is 10.9. The van der Waals surface area contributed by atoms with E-state index >= 15 is 0 Å². The van der Waals surface area contributed by atoms with Gasteiger partial charge in [-0.2, -0.15) is 5.26 Å². The van der Waals surface area contributed by atoms with Gasteiger partial charge in [0, 0.05) is 12.6 Å². The Bertz CT molecular complexity index is 547. The molecule has 0 radical (unpaired) electrons. The normalized spacial score (nSPS) is 19.3. The van der Waals surface area contributed by atoms with Crippen LogP contribution in [0.25, 0.3) is 0 Å². The largest absolute Gasteiger partial charge is 0.310 e. The standard InChI is InChI=1S/C13H16N2O2S/c14-9-11-3-1-2-4-12(11)10-15-13-5-7-18(16,17)8-6-13/h1-4,13,15H,5-8,10H2. The predicted molar refractivity (Wildman–Crippen MR) is 69.7 cm³/mol. The number of sulfone groups is 1. The first kappa shape index (κ1) is 13.1. The molecule has 0 aliphatic carbocycles. The van der Waals surface area contributed by atoms with Crippen molar-refractivity contribution in [2.45, 2.75) is 25.4 Å². The Morgan fingerprint density at radius 1 is 1.28 bits per heavy atom. The van der Waals surface area contributed by atoms with Crippen LogP contribution in [0.4, 0.5) is 0 Å². The molecule has 0 atom stereocenters. The third-order valence-corrected chi connectivity index (χ3v) is 4.99. The van der Waals surface area contributed by atoms with Gasteiger partial charge in [-0.1, -0.05) is 18.2 Å². The molecule has 5 heteroatoms. The van der Waals surface area contributed by atoms with Crippen molar-refractivity contribution < 1.29 is 8.42 Å². The Morgan fingerprint density at radius 2 is 1.94 bits per heavy atom. The van der Waals surface area contributed by atoms with Gasteiger partial charge in [-0.15, -0.1) is 0 Å². The maximum atomic E-state index is 11.3. The Kier molecular flexibility index (Phi) is 4.00. The molecule has 4 nitrogen and oxygen atoms in total. The van der Waals surface area contributed by atoms with Crippen LogP contribution in [0.5, 0.6) is 0 Å². The van der Waals surface area contributed by atoms with Gasteiger partial charge >= 0.3 is 0 Å². The molecule has 1 fully saturated rings. The molecule has 1 saturated heterocycles. The van der Waals surface area contributed by atoms with Gasteiger partial charge < -0.3 is 5.32 Å². The Morgan fingerprint density at radius 3 is 2.61 bits per heavy atom. The lowest BCUT2D eigenvalue weighted by atomic mass is 10.1. The summed E-state index contributed by atoms with van der Waals surface area (Å²) in [5.74, 6) is 0.537. The lowest BCUT2D eigenvalue weighted by molar-refractivity contribution is 0.463. The van der Waals surface area contributed by atoms with E-state index in [0.29, 0.717) is 24.9 Å². The van der Waals surface area contributed by atoms with E-state index in [-0.39, 0.29) is 17.5 Å². The number of hydrogen-bond donors (Lipinski definition) is 1. The van der Waals surface area contributed by atoms with Gasteiger partial charge in [-0.3, -0.25) is 0 Å². The Hall–Kier alpha value is -1.38. The fraction of sp³-hybridized carbons (Fsp3) is 0.462. The number of rotatable bonds is 3. The molecule has 1 aliphatic rings. The van der Waals surface area contributed by atoms with Crippen LogP contribution >= 0.6 is 0 Å². The van der Waals surface area contributed by atoms with Crippen LogP contribution in [0, 0.1) is 11.3 Å². The van der Waals surface area contributed by atoms with Crippen molar-refractivity contribution in [3.8, 4) is 6.07 Å². The molecule has 1 aliphatic heterocycles. The summed E-state index contributed by atoms with van der Waals surface area (Å²) in [7, 11) is -2.80. The fourth-order valence-electron chi connectivity index (χ4n) is 2.13. The van der Waals surface area contributed by atoms with Crippen molar-refractivity contribution >= 4 is 9.84 Å². The maximum absolute atomic E-state index is 11.3. The first-order valence-electron chi connectivity index (χ1n) is 6.02. The van der Waals surface area contributed by atoms with Gasteiger partial charge in [-0.25, -0.2) is 8.42 Å². The summed E-state index contributed by atoms with van der Waals surface area (Å²) in [5.41, 5.74) is 1.64. The second kappa shape index (κ2) is 5.51. The third-order valence-electron chi connectivity index (χ3n) is 3.27. The molecular weight excluding hydrogens is 248 g/mol.